The maximum Gasteiger partial charge on any atom is 0.130 e. The molecule has 2 heteroatoms. The minimum absolute atomic E-state index is 0.303. The summed E-state index contributed by atoms with van der Waals surface area (Å²) >= 11 is 0. The van der Waals surface area contributed by atoms with Crippen LogP contribution in [-0.2, 0) is 4.79 Å². The van der Waals surface area contributed by atoms with E-state index < -0.39 is 0 Å². The van der Waals surface area contributed by atoms with Crippen LogP contribution in [0.2, 0.25) is 0 Å². The Bertz CT molecular complexity index is 230. The average molecular weight is 195 g/mol. The van der Waals surface area contributed by atoms with Gasteiger partial charge in [-0.2, -0.15) is 0 Å². The van der Waals surface area contributed by atoms with Crippen LogP contribution in [0, 0.1) is 0 Å². The highest BCUT2D eigenvalue weighted by atomic mass is 16.1. The Morgan fingerprint density at radius 2 is 2.29 bits per heavy atom. The van der Waals surface area contributed by atoms with Gasteiger partial charge in [0.25, 0.3) is 0 Å². The third kappa shape index (κ3) is 3.62. The molecule has 0 fully saturated rings. The largest absolute Gasteiger partial charge is 0.300 e. The number of carbonyl (C=O) groups is 1. The molecule has 0 aliphatic carbocycles. The van der Waals surface area contributed by atoms with Crippen LogP contribution in [0.4, 0.5) is 0 Å². The molecular formula is C12H21NO. The van der Waals surface area contributed by atoms with E-state index >= 15 is 0 Å². The smallest absolute Gasteiger partial charge is 0.130 e. The van der Waals surface area contributed by atoms with Gasteiger partial charge in [-0.1, -0.05) is 11.6 Å². The topological polar surface area (TPSA) is 20.3 Å². The predicted molar refractivity (Wildman–Crippen MR) is 59.3 cm³/mol. The zero-order valence-electron chi connectivity index (χ0n) is 9.55. The first kappa shape index (κ1) is 11.4. The highest BCUT2D eigenvalue weighted by molar-refractivity contribution is 5.75. The molecule has 80 valence electrons. The molecule has 0 spiro atoms. The van der Waals surface area contributed by atoms with Gasteiger partial charge in [0, 0.05) is 25.6 Å². The molecule has 1 aliphatic rings. The third-order valence-corrected chi connectivity index (χ3v) is 2.86. The molecule has 0 saturated heterocycles. The van der Waals surface area contributed by atoms with Crippen LogP contribution in [0.5, 0.6) is 0 Å². The molecule has 0 bridgehead atoms. The predicted octanol–water partition coefficient (Wildman–Crippen LogP) is 2.40. The zero-order chi connectivity index (χ0) is 10.6. The average Bonchev–Trinajstić information content (AvgIpc) is 2.15. The van der Waals surface area contributed by atoms with Crippen molar-refractivity contribution in [3.8, 4) is 0 Å². The maximum atomic E-state index is 10.8. The molecule has 1 aliphatic heterocycles. The van der Waals surface area contributed by atoms with Crippen LogP contribution in [0.25, 0.3) is 0 Å². The van der Waals surface area contributed by atoms with Crippen LogP contribution in [0.15, 0.2) is 11.6 Å². The van der Waals surface area contributed by atoms with E-state index in [1.165, 1.54) is 5.57 Å². The second-order valence-electron chi connectivity index (χ2n) is 4.40. The molecule has 1 rings (SSSR count). The lowest BCUT2D eigenvalue weighted by atomic mass is 10.0. The first-order chi connectivity index (χ1) is 6.59. The maximum absolute atomic E-state index is 10.8. The number of nitrogens with zero attached hydrogens (tertiary/aromatic N) is 1. The molecule has 0 aromatic carbocycles. The van der Waals surface area contributed by atoms with Gasteiger partial charge >= 0.3 is 0 Å². The molecule has 0 amide bonds. The van der Waals surface area contributed by atoms with E-state index in [1.807, 2.05) is 0 Å². The molecule has 0 aromatic rings. The Morgan fingerprint density at radius 1 is 1.57 bits per heavy atom. The number of rotatable bonds is 4. The SMILES string of the molecule is CC(=O)CCC1=CCN(C(C)C)CC1. The molecule has 2 nitrogen and oxygen atoms in total. The van der Waals surface area contributed by atoms with E-state index in [1.54, 1.807) is 6.92 Å². The van der Waals surface area contributed by atoms with Crippen molar-refractivity contribution in [1.82, 2.24) is 4.90 Å². The summed E-state index contributed by atoms with van der Waals surface area (Å²) in [4.78, 5) is 13.3. The molecule has 0 aromatic heterocycles. The lowest BCUT2D eigenvalue weighted by molar-refractivity contribution is -0.116. The summed E-state index contributed by atoms with van der Waals surface area (Å²) in [6.45, 7) is 8.35. The van der Waals surface area contributed by atoms with E-state index in [-0.39, 0.29) is 0 Å². The van der Waals surface area contributed by atoms with E-state index in [0.29, 0.717) is 18.2 Å². The fourth-order valence-corrected chi connectivity index (χ4v) is 1.76. The number of hydrogen-bond donors (Lipinski definition) is 0. The molecule has 14 heavy (non-hydrogen) atoms. The Balaban J connectivity index is 2.33. The summed E-state index contributed by atoms with van der Waals surface area (Å²) in [5.41, 5.74) is 1.47. The van der Waals surface area contributed by atoms with Crippen molar-refractivity contribution in [3.05, 3.63) is 11.6 Å². The van der Waals surface area contributed by atoms with Gasteiger partial charge in [0.1, 0.15) is 5.78 Å². The Kier molecular flexibility index (Phi) is 4.33. The lowest BCUT2D eigenvalue weighted by Crippen LogP contribution is -2.34. The van der Waals surface area contributed by atoms with Crippen LogP contribution in [-0.4, -0.2) is 29.8 Å². The number of ketones is 1. The van der Waals surface area contributed by atoms with Crippen molar-refractivity contribution < 1.29 is 4.79 Å². The van der Waals surface area contributed by atoms with Gasteiger partial charge in [0.05, 0.1) is 0 Å². The standard InChI is InChI=1S/C12H21NO/c1-10(2)13-8-6-12(7-9-13)5-4-11(3)14/h6,10H,4-5,7-9H2,1-3H3. The fourth-order valence-electron chi connectivity index (χ4n) is 1.76. The van der Waals surface area contributed by atoms with Crippen LogP contribution >= 0.6 is 0 Å². The summed E-state index contributed by atoms with van der Waals surface area (Å²) in [5.74, 6) is 0.303. The number of Topliss-reactive ketones (excluding diaryl/α,β-unsaturated/α-hetero) is 1. The van der Waals surface area contributed by atoms with E-state index in [9.17, 15) is 4.79 Å². The van der Waals surface area contributed by atoms with Crippen molar-refractivity contribution in [2.45, 2.75) is 46.1 Å². The summed E-state index contributed by atoms with van der Waals surface area (Å²) in [6.07, 6.45) is 5.13. The van der Waals surface area contributed by atoms with Crippen LogP contribution in [0.1, 0.15) is 40.0 Å². The van der Waals surface area contributed by atoms with Crippen molar-refractivity contribution in [2.24, 2.45) is 0 Å². The first-order valence-electron chi connectivity index (χ1n) is 5.51. The molecule has 0 atom stereocenters. The lowest BCUT2D eigenvalue weighted by Gasteiger charge is -2.29. The fraction of sp³-hybridized carbons (Fsp3) is 0.750. The van der Waals surface area contributed by atoms with Gasteiger partial charge < -0.3 is 4.79 Å². The quantitative estimate of drug-likeness (QED) is 0.642. The second-order valence-corrected chi connectivity index (χ2v) is 4.40. The molecule has 0 saturated carbocycles. The molecule has 0 N–H and O–H groups in total. The van der Waals surface area contributed by atoms with Gasteiger partial charge in [-0.3, -0.25) is 4.90 Å². The van der Waals surface area contributed by atoms with Crippen molar-refractivity contribution in [1.29, 1.82) is 0 Å². The Hall–Kier alpha value is -0.630. The van der Waals surface area contributed by atoms with Gasteiger partial charge in [-0.05, 0) is 33.6 Å². The minimum Gasteiger partial charge on any atom is -0.300 e. The van der Waals surface area contributed by atoms with E-state index in [2.05, 4.69) is 24.8 Å². The van der Waals surface area contributed by atoms with Crippen molar-refractivity contribution in [2.75, 3.05) is 13.1 Å². The monoisotopic (exact) mass is 195 g/mol. The van der Waals surface area contributed by atoms with Crippen molar-refractivity contribution in [3.63, 3.8) is 0 Å². The zero-order valence-corrected chi connectivity index (χ0v) is 9.55. The van der Waals surface area contributed by atoms with Gasteiger partial charge in [-0.25, -0.2) is 0 Å². The molecule has 1 heterocycles. The van der Waals surface area contributed by atoms with Gasteiger partial charge in [0.15, 0.2) is 0 Å². The Morgan fingerprint density at radius 3 is 2.71 bits per heavy atom. The van der Waals surface area contributed by atoms with Gasteiger partial charge in [0.2, 0.25) is 0 Å². The van der Waals surface area contributed by atoms with Crippen LogP contribution in [0.3, 0.4) is 0 Å². The molecular weight excluding hydrogens is 174 g/mol. The number of hydrogen-bond acceptors (Lipinski definition) is 2. The van der Waals surface area contributed by atoms with E-state index in [4.69, 9.17) is 0 Å². The third-order valence-electron chi connectivity index (χ3n) is 2.86. The normalized spacial score (nSPS) is 18.4. The first-order valence-corrected chi connectivity index (χ1v) is 5.51. The molecule has 0 radical (unpaired) electrons. The van der Waals surface area contributed by atoms with Crippen LogP contribution < -0.4 is 0 Å². The second kappa shape index (κ2) is 5.30. The summed E-state index contributed by atoms with van der Waals surface area (Å²) in [5, 5.41) is 0. The minimum atomic E-state index is 0.303. The summed E-state index contributed by atoms with van der Waals surface area (Å²) in [6, 6.07) is 0.639. The highest BCUT2D eigenvalue weighted by Gasteiger charge is 2.13. The van der Waals surface area contributed by atoms with Crippen molar-refractivity contribution >= 4 is 5.78 Å². The summed E-state index contributed by atoms with van der Waals surface area (Å²) in [7, 11) is 0. The Labute approximate surface area is 87.0 Å². The van der Waals surface area contributed by atoms with Gasteiger partial charge in [-0.15, -0.1) is 0 Å². The van der Waals surface area contributed by atoms with E-state index in [0.717, 1.165) is 25.9 Å². The summed E-state index contributed by atoms with van der Waals surface area (Å²) < 4.78 is 0. The molecule has 0 unspecified atom stereocenters. The highest BCUT2D eigenvalue weighted by Crippen LogP contribution is 2.17. The number of carbonyl (C=O) groups excluding carboxylic acids is 1.